The summed E-state index contributed by atoms with van der Waals surface area (Å²) in [6.07, 6.45) is 1.66. The number of rotatable bonds is 5. The molecule has 1 aliphatic heterocycles. The molecule has 0 aliphatic carbocycles. The highest BCUT2D eigenvalue weighted by Crippen LogP contribution is 2.26. The number of hydrogen-bond donors (Lipinski definition) is 1. The molecule has 33 heavy (non-hydrogen) atoms. The molecule has 1 atom stereocenters. The molecule has 0 radical (unpaired) electrons. The van der Waals surface area contributed by atoms with Gasteiger partial charge in [0.05, 0.1) is 22.3 Å². The van der Waals surface area contributed by atoms with E-state index in [1.54, 1.807) is 25.3 Å². The third kappa shape index (κ3) is 4.86. The number of carbonyl (C=O) groups is 1. The van der Waals surface area contributed by atoms with Gasteiger partial charge in [-0.05, 0) is 49.7 Å². The molecule has 2 heterocycles. The summed E-state index contributed by atoms with van der Waals surface area (Å²) in [5.74, 6) is -0.784. The standard InChI is InChI=1S/C23H24ClFN4O3S/c1-15-12-17-4-3-5-21(22(17)26-14-15)33(31,32)29-10-8-28(9-11-29)16(2)23(30)27-20-7-6-18(25)13-19(20)24/h3-7,12-14,16H,8-11H2,1-2H3,(H,27,30)/t16-/m0/s1. The van der Waals surface area contributed by atoms with Crippen LogP contribution < -0.4 is 5.32 Å². The fourth-order valence-corrected chi connectivity index (χ4v) is 5.72. The van der Waals surface area contributed by atoms with E-state index in [1.165, 1.54) is 16.4 Å². The Morgan fingerprint density at radius 3 is 2.58 bits per heavy atom. The lowest BCUT2D eigenvalue weighted by atomic mass is 10.2. The van der Waals surface area contributed by atoms with E-state index >= 15 is 0 Å². The van der Waals surface area contributed by atoms with Gasteiger partial charge in [-0.25, -0.2) is 12.8 Å². The molecule has 7 nitrogen and oxygen atoms in total. The lowest BCUT2D eigenvalue weighted by Crippen LogP contribution is -2.53. The highest BCUT2D eigenvalue weighted by Gasteiger charge is 2.33. The second-order valence-electron chi connectivity index (χ2n) is 8.07. The minimum absolute atomic E-state index is 0.116. The second kappa shape index (κ2) is 9.34. The molecule has 2 aromatic carbocycles. The van der Waals surface area contributed by atoms with Crippen molar-refractivity contribution in [1.29, 1.82) is 0 Å². The number of para-hydroxylation sites is 1. The molecule has 4 rings (SSSR count). The topological polar surface area (TPSA) is 82.6 Å². The molecule has 1 amide bonds. The maximum Gasteiger partial charge on any atom is 0.245 e. The van der Waals surface area contributed by atoms with Crippen molar-refractivity contribution in [3.05, 3.63) is 65.1 Å². The number of nitrogens with one attached hydrogen (secondary N) is 1. The molecule has 1 fully saturated rings. The van der Waals surface area contributed by atoms with Crippen LogP contribution in [0.15, 0.2) is 53.6 Å². The molecular formula is C23H24ClFN4O3S. The summed E-state index contributed by atoms with van der Waals surface area (Å²) < 4.78 is 41.4. The van der Waals surface area contributed by atoms with Gasteiger partial charge in [0.25, 0.3) is 0 Å². The van der Waals surface area contributed by atoms with Gasteiger partial charge in [0.2, 0.25) is 15.9 Å². The molecule has 1 saturated heterocycles. The summed E-state index contributed by atoms with van der Waals surface area (Å²) in [6, 6.07) is 10.3. The van der Waals surface area contributed by atoms with Crippen LogP contribution in [0.2, 0.25) is 5.02 Å². The van der Waals surface area contributed by atoms with Gasteiger partial charge in [-0.3, -0.25) is 14.7 Å². The zero-order valence-electron chi connectivity index (χ0n) is 18.3. The molecule has 10 heteroatoms. The predicted octanol–water partition coefficient (Wildman–Crippen LogP) is 3.67. The summed E-state index contributed by atoms with van der Waals surface area (Å²) in [4.78, 5) is 19.1. The van der Waals surface area contributed by atoms with E-state index in [0.717, 1.165) is 17.0 Å². The number of anilines is 1. The molecular weight excluding hydrogens is 467 g/mol. The average molecular weight is 491 g/mol. The van der Waals surface area contributed by atoms with Crippen molar-refractivity contribution in [2.75, 3.05) is 31.5 Å². The number of nitrogens with zero attached hydrogens (tertiary/aromatic N) is 3. The smallest absolute Gasteiger partial charge is 0.245 e. The first-order valence-corrected chi connectivity index (χ1v) is 12.3. The summed E-state index contributed by atoms with van der Waals surface area (Å²) in [5.41, 5.74) is 1.74. The normalized spacial score (nSPS) is 16.6. The van der Waals surface area contributed by atoms with Crippen molar-refractivity contribution >= 4 is 44.1 Å². The maximum absolute atomic E-state index is 13.3. The first-order valence-electron chi connectivity index (χ1n) is 10.5. The summed E-state index contributed by atoms with van der Waals surface area (Å²) in [6.45, 7) is 4.94. The molecule has 3 aromatic rings. The Morgan fingerprint density at radius 2 is 1.88 bits per heavy atom. The van der Waals surface area contributed by atoms with E-state index in [1.807, 2.05) is 24.0 Å². The number of piperazine rings is 1. The number of sulfonamides is 1. The van der Waals surface area contributed by atoms with Crippen LogP contribution in [0.5, 0.6) is 0 Å². The number of carbonyl (C=O) groups excluding carboxylic acids is 1. The van der Waals surface area contributed by atoms with E-state index in [0.29, 0.717) is 24.3 Å². The lowest BCUT2D eigenvalue weighted by molar-refractivity contribution is -0.121. The lowest BCUT2D eigenvalue weighted by Gasteiger charge is -2.36. The monoisotopic (exact) mass is 490 g/mol. The van der Waals surface area contributed by atoms with Crippen LogP contribution in [0.4, 0.5) is 10.1 Å². The largest absolute Gasteiger partial charge is 0.323 e. The van der Waals surface area contributed by atoms with Crippen molar-refractivity contribution in [2.45, 2.75) is 24.8 Å². The first-order chi connectivity index (χ1) is 15.7. The van der Waals surface area contributed by atoms with Crippen LogP contribution in [0.1, 0.15) is 12.5 Å². The molecule has 1 N–H and O–H groups in total. The minimum atomic E-state index is -3.74. The van der Waals surface area contributed by atoms with Crippen molar-refractivity contribution < 1.29 is 17.6 Å². The van der Waals surface area contributed by atoms with Gasteiger partial charge in [0, 0.05) is 37.8 Å². The number of amides is 1. The van der Waals surface area contributed by atoms with E-state index in [9.17, 15) is 17.6 Å². The van der Waals surface area contributed by atoms with Crippen molar-refractivity contribution in [3.8, 4) is 0 Å². The van der Waals surface area contributed by atoms with Crippen molar-refractivity contribution in [2.24, 2.45) is 0 Å². The zero-order chi connectivity index (χ0) is 23.8. The molecule has 0 unspecified atom stereocenters. The second-order valence-corrected chi connectivity index (χ2v) is 10.4. The summed E-state index contributed by atoms with van der Waals surface area (Å²) in [5, 5.41) is 3.60. The Bertz CT molecular complexity index is 1310. The number of hydrogen-bond acceptors (Lipinski definition) is 5. The van der Waals surface area contributed by atoms with Crippen LogP contribution >= 0.6 is 11.6 Å². The summed E-state index contributed by atoms with van der Waals surface area (Å²) >= 11 is 5.99. The van der Waals surface area contributed by atoms with Crippen LogP contribution in [-0.4, -0.2) is 60.7 Å². The first kappa shape index (κ1) is 23.6. The minimum Gasteiger partial charge on any atom is -0.323 e. The maximum atomic E-state index is 13.3. The number of benzene rings is 2. The van der Waals surface area contributed by atoms with Crippen LogP contribution in [-0.2, 0) is 14.8 Å². The predicted molar refractivity (Wildman–Crippen MR) is 126 cm³/mol. The number of fused-ring (bicyclic) bond motifs is 1. The molecule has 0 saturated carbocycles. The van der Waals surface area contributed by atoms with Gasteiger partial charge in [-0.1, -0.05) is 23.7 Å². The van der Waals surface area contributed by atoms with Crippen LogP contribution in [0.25, 0.3) is 10.9 Å². The Hall–Kier alpha value is -2.59. The van der Waals surface area contributed by atoms with Gasteiger partial charge in [0.15, 0.2) is 0 Å². The number of pyridine rings is 1. The van der Waals surface area contributed by atoms with Gasteiger partial charge >= 0.3 is 0 Å². The molecule has 174 valence electrons. The Balaban J connectivity index is 1.44. The highest BCUT2D eigenvalue weighted by molar-refractivity contribution is 7.89. The van der Waals surface area contributed by atoms with Gasteiger partial charge in [0.1, 0.15) is 10.7 Å². The fourth-order valence-electron chi connectivity index (χ4n) is 3.92. The van der Waals surface area contributed by atoms with Gasteiger partial charge in [-0.15, -0.1) is 0 Å². The van der Waals surface area contributed by atoms with Crippen molar-refractivity contribution in [1.82, 2.24) is 14.2 Å². The van der Waals surface area contributed by atoms with E-state index < -0.39 is 21.9 Å². The fraction of sp³-hybridized carbons (Fsp3) is 0.304. The van der Waals surface area contributed by atoms with E-state index in [2.05, 4.69) is 10.3 Å². The van der Waals surface area contributed by atoms with Gasteiger partial charge < -0.3 is 5.32 Å². The van der Waals surface area contributed by atoms with Gasteiger partial charge in [-0.2, -0.15) is 4.31 Å². The van der Waals surface area contributed by atoms with Crippen molar-refractivity contribution in [3.63, 3.8) is 0 Å². The third-order valence-electron chi connectivity index (χ3n) is 5.82. The number of aromatic nitrogens is 1. The highest BCUT2D eigenvalue weighted by atomic mass is 35.5. The Kier molecular flexibility index (Phi) is 6.67. The quantitative estimate of drug-likeness (QED) is 0.590. The SMILES string of the molecule is Cc1cnc2c(S(=O)(=O)N3CCN([C@@H](C)C(=O)Nc4ccc(F)cc4Cl)CC3)cccc2c1. The molecule has 0 spiro atoms. The van der Waals surface area contributed by atoms with E-state index in [4.69, 9.17) is 11.6 Å². The Morgan fingerprint density at radius 1 is 1.15 bits per heavy atom. The molecule has 1 aliphatic rings. The Labute approximate surface area is 197 Å². The third-order valence-corrected chi connectivity index (χ3v) is 8.06. The number of aryl methyl sites for hydroxylation is 1. The average Bonchev–Trinajstić information content (AvgIpc) is 2.79. The summed E-state index contributed by atoms with van der Waals surface area (Å²) in [7, 11) is -3.74. The van der Waals surface area contributed by atoms with Crippen LogP contribution in [0, 0.1) is 12.7 Å². The zero-order valence-corrected chi connectivity index (χ0v) is 19.8. The number of halogens is 2. The molecule has 1 aromatic heterocycles. The van der Waals surface area contributed by atoms with Crippen LogP contribution in [0.3, 0.4) is 0 Å². The molecule has 0 bridgehead atoms. The van der Waals surface area contributed by atoms with E-state index in [-0.39, 0.29) is 28.9 Å².